The highest BCUT2D eigenvalue weighted by atomic mass is 32.1. The Labute approximate surface area is 210 Å². The van der Waals surface area contributed by atoms with Crippen molar-refractivity contribution in [3.05, 3.63) is 59.4 Å². The van der Waals surface area contributed by atoms with E-state index in [9.17, 15) is 9.90 Å². The average Bonchev–Trinajstić information content (AvgIpc) is 3.21. The van der Waals surface area contributed by atoms with Crippen molar-refractivity contribution in [1.29, 1.82) is 0 Å². The number of nitrogens with zero attached hydrogens (tertiary/aromatic N) is 3. The van der Waals surface area contributed by atoms with Gasteiger partial charge < -0.3 is 15.7 Å². The van der Waals surface area contributed by atoms with Gasteiger partial charge in [0.25, 0.3) is 0 Å². The summed E-state index contributed by atoms with van der Waals surface area (Å²) in [5.41, 5.74) is 4.32. The average molecular weight is 504 g/mol. The number of aliphatic hydroxyl groups is 1. The van der Waals surface area contributed by atoms with Gasteiger partial charge in [0.05, 0.1) is 32.0 Å². The van der Waals surface area contributed by atoms with Gasteiger partial charge in [-0.05, 0) is 70.0 Å². The van der Waals surface area contributed by atoms with E-state index in [1.165, 1.54) is 11.3 Å². The Morgan fingerprint density at radius 1 is 1.20 bits per heavy atom. The Morgan fingerprint density at radius 2 is 2.03 bits per heavy atom. The number of amides is 1. The second-order valence-corrected chi connectivity index (χ2v) is 11.4. The second-order valence-electron chi connectivity index (χ2n) is 9.52. The summed E-state index contributed by atoms with van der Waals surface area (Å²) in [7, 11) is 0. The largest absolute Gasteiger partial charge is 0.384 e. The first-order valence-corrected chi connectivity index (χ1v) is 13.2. The molecule has 178 valence electrons. The van der Waals surface area contributed by atoms with E-state index in [0.717, 1.165) is 60.9 Å². The predicted octanol–water partition coefficient (Wildman–Crippen LogP) is 6.37. The van der Waals surface area contributed by atoms with Crippen molar-refractivity contribution in [1.82, 2.24) is 19.9 Å². The summed E-state index contributed by atoms with van der Waals surface area (Å²) in [5.74, 6) is 0. The fraction of sp³-hybridized carbons (Fsp3) is 0.269. The number of rotatable bonds is 5. The molecule has 1 saturated carbocycles. The van der Waals surface area contributed by atoms with Gasteiger partial charge >= 0.3 is 6.03 Å². The lowest BCUT2D eigenvalue weighted by atomic mass is 10.1. The Balaban J connectivity index is 1.31. The first kappa shape index (κ1) is 22.2. The van der Waals surface area contributed by atoms with Crippen LogP contribution in [0.1, 0.15) is 38.1 Å². The molecule has 3 N–H and O–H groups in total. The number of anilines is 2. The van der Waals surface area contributed by atoms with Gasteiger partial charge in [-0.3, -0.25) is 9.55 Å². The molecule has 0 saturated heterocycles. The number of benzene rings is 1. The van der Waals surface area contributed by atoms with E-state index in [2.05, 4.69) is 26.7 Å². The molecule has 0 aliphatic heterocycles. The Kier molecular flexibility index (Phi) is 5.17. The predicted molar refractivity (Wildman–Crippen MR) is 143 cm³/mol. The third-order valence-electron chi connectivity index (χ3n) is 6.13. The number of pyridine rings is 1. The number of carbonyl (C=O) groups is 1. The lowest BCUT2D eigenvalue weighted by Crippen LogP contribution is -2.30. The number of thiophene rings is 1. The fourth-order valence-corrected chi connectivity index (χ4v) is 6.26. The standard InChI is InChI=1S/C26H25N5O2S2/c1-14-10-15-11-17(6-7-20(15)31(14)25(32)29-16-4-5-16)28-18-8-9-27-19-12-21(35-23(18)19)24-30-22(13-34-24)26(2,3)33/h6-13,16,33H,4-5H2,1-3H3,(H,27,28)(H,29,32). The lowest BCUT2D eigenvalue weighted by Gasteiger charge is -2.12. The molecule has 0 unspecified atom stereocenters. The number of hydrogen-bond donors (Lipinski definition) is 3. The molecule has 1 fully saturated rings. The molecule has 1 aliphatic carbocycles. The van der Waals surface area contributed by atoms with E-state index in [-0.39, 0.29) is 6.03 Å². The van der Waals surface area contributed by atoms with Crippen LogP contribution >= 0.6 is 22.7 Å². The van der Waals surface area contributed by atoms with Crippen LogP contribution in [0.25, 0.3) is 31.0 Å². The van der Waals surface area contributed by atoms with E-state index in [0.29, 0.717) is 11.7 Å². The van der Waals surface area contributed by atoms with E-state index in [1.807, 2.05) is 42.6 Å². The molecule has 35 heavy (non-hydrogen) atoms. The topological polar surface area (TPSA) is 92.1 Å². The van der Waals surface area contributed by atoms with Gasteiger partial charge in [-0.1, -0.05) is 0 Å². The third-order valence-corrected chi connectivity index (χ3v) is 8.30. The van der Waals surface area contributed by atoms with Crippen LogP contribution in [-0.4, -0.2) is 31.7 Å². The van der Waals surface area contributed by atoms with Crippen LogP contribution in [0.2, 0.25) is 0 Å². The molecule has 1 amide bonds. The van der Waals surface area contributed by atoms with E-state index < -0.39 is 5.60 Å². The summed E-state index contributed by atoms with van der Waals surface area (Å²) in [5, 5.41) is 20.7. The van der Waals surface area contributed by atoms with Gasteiger partial charge in [0.15, 0.2) is 0 Å². The molecule has 5 aromatic rings. The number of carbonyl (C=O) groups excluding carboxylic acids is 1. The molecule has 0 bridgehead atoms. The minimum atomic E-state index is -0.967. The molecular formula is C26H25N5O2S2. The zero-order chi connectivity index (χ0) is 24.3. The van der Waals surface area contributed by atoms with Crippen LogP contribution in [0.3, 0.4) is 0 Å². The summed E-state index contributed by atoms with van der Waals surface area (Å²) in [6, 6.07) is 12.4. The molecule has 1 aliphatic rings. The summed E-state index contributed by atoms with van der Waals surface area (Å²) in [6.45, 7) is 5.44. The monoisotopic (exact) mass is 503 g/mol. The number of aryl methyl sites for hydroxylation is 1. The summed E-state index contributed by atoms with van der Waals surface area (Å²) in [6.07, 6.45) is 3.92. The van der Waals surface area contributed by atoms with E-state index in [4.69, 9.17) is 0 Å². The molecule has 6 rings (SSSR count). The third kappa shape index (κ3) is 4.20. The van der Waals surface area contributed by atoms with Gasteiger partial charge in [0, 0.05) is 34.4 Å². The molecule has 0 atom stereocenters. The normalized spacial score (nSPS) is 14.1. The van der Waals surface area contributed by atoms with Gasteiger partial charge in [0.2, 0.25) is 0 Å². The van der Waals surface area contributed by atoms with Crippen LogP contribution in [-0.2, 0) is 5.60 Å². The second kappa shape index (κ2) is 8.15. The SMILES string of the molecule is Cc1cc2cc(Nc3ccnc4cc(-c5nc(C(C)(C)O)cs5)sc34)ccc2n1C(=O)NC1CC1. The van der Waals surface area contributed by atoms with Crippen LogP contribution < -0.4 is 10.6 Å². The highest BCUT2D eigenvalue weighted by Gasteiger charge is 2.25. The molecule has 4 aromatic heterocycles. The maximum absolute atomic E-state index is 12.7. The van der Waals surface area contributed by atoms with Crippen molar-refractivity contribution in [3.63, 3.8) is 0 Å². The molecule has 4 heterocycles. The molecule has 7 nitrogen and oxygen atoms in total. The van der Waals surface area contributed by atoms with Crippen molar-refractivity contribution >= 4 is 61.2 Å². The maximum Gasteiger partial charge on any atom is 0.326 e. The van der Waals surface area contributed by atoms with E-state index >= 15 is 0 Å². The Hall–Kier alpha value is -3.27. The van der Waals surface area contributed by atoms with Crippen LogP contribution in [0, 0.1) is 6.92 Å². The zero-order valence-electron chi connectivity index (χ0n) is 19.6. The van der Waals surface area contributed by atoms with Gasteiger partial charge in [-0.25, -0.2) is 9.78 Å². The molecule has 9 heteroatoms. The molecular weight excluding hydrogens is 478 g/mol. The lowest BCUT2D eigenvalue weighted by molar-refractivity contribution is 0.0746. The fourth-order valence-electron chi connectivity index (χ4n) is 4.13. The summed E-state index contributed by atoms with van der Waals surface area (Å²) in [4.78, 5) is 22.9. The first-order valence-electron chi connectivity index (χ1n) is 11.5. The van der Waals surface area contributed by atoms with Gasteiger partial charge in [-0.15, -0.1) is 22.7 Å². The van der Waals surface area contributed by atoms with E-state index in [1.54, 1.807) is 35.9 Å². The van der Waals surface area contributed by atoms with Crippen molar-refractivity contribution in [2.24, 2.45) is 0 Å². The van der Waals surface area contributed by atoms with Crippen molar-refractivity contribution in [2.45, 2.75) is 45.3 Å². The Morgan fingerprint density at radius 3 is 2.77 bits per heavy atom. The van der Waals surface area contributed by atoms with Gasteiger partial charge in [0.1, 0.15) is 10.6 Å². The number of fused-ring (bicyclic) bond motifs is 2. The maximum atomic E-state index is 12.7. The van der Waals surface area contributed by atoms with Gasteiger partial charge in [-0.2, -0.15) is 0 Å². The highest BCUT2D eigenvalue weighted by molar-refractivity contribution is 7.25. The van der Waals surface area contributed by atoms with Crippen LogP contribution in [0.5, 0.6) is 0 Å². The molecule has 1 aromatic carbocycles. The molecule has 0 radical (unpaired) electrons. The summed E-state index contributed by atoms with van der Waals surface area (Å²) < 4.78 is 2.80. The first-order chi connectivity index (χ1) is 16.8. The van der Waals surface area contributed by atoms with Crippen molar-refractivity contribution in [2.75, 3.05) is 5.32 Å². The quantitative estimate of drug-likeness (QED) is 0.259. The minimum absolute atomic E-state index is 0.0578. The van der Waals surface area contributed by atoms with Crippen LogP contribution in [0.15, 0.2) is 48.0 Å². The molecule has 0 spiro atoms. The zero-order valence-corrected chi connectivity index (χ0v) is 21.3. The Bertz CT molecular complexity index is 1590. The number of hydrogen-bond acceptors (Lipinski definition) is 7. The van der Waals surface area contributed by atoms with Crippen molar-refractivity contribution in [3.8, 4) is 9.88 Å². The number of thiazole rings is 1. The minimum Gasteiger partial charge on any atom is -0.384 e. The smallest absolute Gasteiger partial charge is 0.326 e. The number of aromatic nitrogens is 3. The van der Waals surface area contributed by atoms with Crippen LogP contribution in [0.4, 0.5) is 16.2 Å². The number of nitrogens with one attached hydrogen (secondary N) is 2. The van der Waals surface area contributed by atoms with Crippen molar-refractivity contribution < 1.29 is 9.90 Å². The highest BCUT2D eigenvalue weighted by Crippen LogP contribution is 2.39. The summed E-state index contributed by atoms with van der Waals surface area (Å²) >= 11 is 3.16.